The van der Waals surface area contributed by atoms with Gasteiger partial charge >= 0.3 is 6.18 Å². The van der Waals surface area contributed by atoms with Gasteiger partial charge in [-0.2, -0.15) is 18.2 Å². The van der Waals surface area contributed by atoms with Crippen LogP contribution in [0.2, 0.25) is 0 Å². The van der Waals surface area contributed by atoms with Gasteiger partial charge in [0.15, 0.2) is 0 Å². The SMILES string of the molecule is Nc1cc(C(F)(F)F)c(-c2cc(Nc3cnc4ccc(OCCN5CCCC5)cc4c3)nc(N3CCOCC3)n2)cn1. The molecule has 0 saturated carbocycles. The molecule has 3 aromatic heterocycles. The zero-order valence-electron chi connectivity index (χ0n) is 22.9. The van der Waals surface area contributed by atoms with Crippen molar-refractivity contribution in [2.45, 2.75) is 19.0 Å². The summed E-state index contributed by atoms with van der Waals surface area (Å²) in [6, 6.07) is 9.91. The van der Waals surface area contributed by atoms with E-state index in [-0.39, 0.29) is 23.0 Å². The van der Waals surface area contributed by atoms with Crippen molar-refractivity contribution < 1.29 is 22.6 Å². The first-order valence-electron chi connectivity index (χ1n) is 13.9. The van der Waals surface area contributed by atoms with E-state index in [9.17, 15) is 13.2 Å². The average Bonchev–Trinajstić information content (AvgIpc) is 3.50. The molecule has 2 aliphatic rings. The minimum atomic E-state index is -4.65. The third kappa shape index (κ3) is 6.47. The van der Waals surface area contributed by atoms with Crippen LogP contribution in [-0.2, 0) is 10.9 Å². The maximum Gasteiger partial charge on any atom is 0.417 e. The number of benzene rings is 1. The van der Waals surface area contributed by atoms with Gasteiger partial charge in [-0.15, -0.1) is 0 Å². The molecule has 2 aliphatic heterocycles. The summed E-state index contributed by atoms with van der Waals surface area (Å²) in [6.45, 7) is 5.66. The summed E-state index contributed by atoms with van der Waals surface area (Å²) in [4.78, 5) is 21.8. The predicted octanol–water partition coefficient (Wildman–Crippen LogP) is 4.74. The summed E-state index contributed by atoms with van der Waals surface area (Å²) in [5.74, 6) is 1.11. The van der Waals surface area contributed by atoms with Crippen LogP contribution in [0.3, 0.4) is 0 Å². The van der Waals surface area contributed by atoms with E-state index in [4.69, 9.17) is 15.2 Å². The van der Waals surface area contributed by atoms with Crippen LogP contribution >= 0.6 is 0 Å². The van der Waals surface area contributed by atoms with Gasteiger partial charge in [-0.3, -0.25) is 9.88 Å². The fourth-order valence-corrected chi connectivity index (χ4v) is 5.17. The van der Waals surface area contributed by atoms with Crippen molar-refractivity contribution in [2.24, 2.45) is 0 Å². The lowest BCUT2D eigenvalue weighted by Crippen LogP contribution is -2.37. The molecule has 0 amide bonds. The average molecular weight is 581 g/mol. The van der Waals surface area contributed by atoms with Gasteiger partial charge in [-0.1, -0.05) is 0 Å². The number of likely N-dealkylation sites (tertiary alicyclic amines) is 1. The van der Waals surface area contributed by atoms with Gasteiger partial charge in [0.1, 0.15) is 24.0 Å². The summed E-state index contributed by atoms with van der Waals surface area (Å²) >= 11 is 0. The zero-order valence-corrected chi connectivity index (χ0v) is 22.9. The third-order valence-corrected chi connectivity index (χ3v) is 7.31. The smallest absolute Gasteiger partial charge is 0.417 e. The van der Waals surface area contributed by atoms with Gasteiger partial charge < -0.3 is 25.4 Å². The quantitative estimate of drug-likeness (QED) is 0.303. The minimum absolute atomic E-state index is 0.0660. The molecule has 42 heavy (non-hydrogen) atoms. The Labute approximate surface area is 240 Å². The van der Waals surface area contributed by atoms with Gasteiger partial charge in [0.05, 0.1) is 41.9 Å². The molecule has 10 nitrogen and oxygen atoms in total. The molecule has 4 aromatic rings. The number of halogens is 3. The Morgan fingerprint density at radius 1 is 0.952 bits per heavy atom. The first-order chi connectivity index (χ1) is 20.3. The lowest BCUT2D eigenvalue weighted by Gasteiger charge is -2.27. The van der Waals surface area contributed by atoms with Gasteiger partial charge in [-0.25, -0.2) is 9.97 Å². The van der Waals surface area contributed by atoms with E-state index in [1.165, 1.54) is 18.9 Å². The van der Waals surface area contributed by atoms with Crippen molar-refractivity contribution in [3.63, 3.8) is 0 Å². The van der Waals surface area contributed by atoms with Crippen LogP contribution in [0.4, 0.5) is 36.4 Å². The fourth-order valence-electron chi connectivity index (χ4n) is 5.17. The number of anilines is 4. The van der Waals surface area contributed by atoms with E-state index in [0.717, 1.165) is 48.5 Å². The van der Waals surface area contributed by atoms with E-state index in [0.29, 0.717) is 44.4 Å². The lowest BCUT2D eigenvalue weighted by molar-refractivity contribution is -0.137. The Morgan fingerprint density at radius 2 is 1.76 bits per heavy atom. The Hall–Kier alpha value is -4.23. The maximum atomic E-state index is 14.0. The van der Waals surface area contributed by atoms with E-state index < -0.39 is 11.7 Å². The fraction of sp³-hybridized carbons (Fsp3) is 0.379. The zero-order chi connectivity index (χ0) is 29.1. The number of nitrogens with two attached hydrogens (primary N) is 1. The summed E-state index contributed by atoms with van der Waals surface area (Å²) in [6.07, 6.45) is 0.564. The van der Waals surface area contributed by atoms with Crippen LogP contribution in [0.1, 0.15) is 18.4 Å². The second-order valence-electron chi connectivity index (χ2n) is 10.3. The number of morpholine rings is 1. The third-order valence-electron chi connectivity index (χ3n) is 7.31. The molecule has 5 heterocycles. The van der Waals surface area contributed by atoms with Crippen LogP contribution in [-0.4, -0.2) is 77.4 Å². The molecular formula is C29H31F3N8O2. The Balaban J connectivity index is 1.30. The number of nitrogens with zero attached hydrogens (tertiary/aromatic N) is 6. The number of nitrogens with one attached hydrogen (secondary N) is 1. The van der Waals surface area contributed by atoms with Crippen LogP contribution < -0.4 is 20.7 Å². The first kappa shape index (κ1) is 27.9. The van der Waals surface area contributed by atoms with Gasteiger partial charge in [0.2, 0.25) is 5.95 Å². The first-order valence-corrected chi connectivity index (χ1v) is 13.9. The van der Waals surface area contributed by atoms with Crippen molar-refractivity contribution in [3.05, 3.63) is 54.4 Å². The number of fused-ring (bicyclic) bond motifs is 1. The number of hydrogen-bond acceptors (Lipinski definition) is 10. The van der Waals surface area contributed by atoms with Crippen molar-refractivity contribution in [2.75, 3.05) is 68.5 Å². The Bertz CT molecular complexity index is 1560. The molecule has 13 heteroatoms. The minimum Gasteiger partial charge on any atom is -0.492 e. The largest absolute Gasteiger partial charge is 0.492 e. The van der Waals surface area contributed by atoms with Crippen LogP contribution in [0.5, 0.6) is 5.75 Å². The number of ether oxygens (including phenoxy) is 2. The summed E-state index contributed by atoms with van der Waals surface area (Å²) < 4.78 is 53.3. The van der Waals surface area contributed by atoms with E-state index in [1.54, 1.807) is 6.20 Å². The normalized spacial score (nSPS) is 16.2. The highest BCUT2D eigenvalue weighted by Gasteiger charge is 2.35. The second-order valence-corrected chi connectivity index (χ2v) is 10.3. The van der Waals surface area contributed by atoms with Crippen LogP contribution in [0, 0.1) is 0 Å². The predicted molar refractivity (Wildman–Crippen MR) is 154 cm³/mol. The number of aromatic nitrogens is 4. The van der Waals surface area contributed by atoms with Crippen LogP contribution in [0.25, 0.3) is 22.2 Å². The number of rotatable bonds is 8. The standard InChI is InChI=1S/C29H31F3N8O2/c30-29(31,32)23-15-26(33)35-18-22(23)25-16-27(38-28(37-25)40-8-10-41-11-9-40)36-20-13-19-14-21(3-4-24(19)34-17-20)42-12-7-39-5-1-2-6-39/h3-4,13-18H,1-2,5-12H2,(H2,33,35)(H,36,37,38). The monoisotopic (exact) mass is 580 g/mol. The molecule has 0 bridgehead atoms. The number of hydrogen-bond donors (Lipinski definition) is 2. The van der Waals surface area contributed by atoms with Crippen LogP contribution in [0.15, 0.2) is 48.8 Å². The highest BCUT2D eigenvalue weighted by Crippen LogP contribution is 2.38. The van der Waals surface area contributed by atoms with Gasteiger partial charge in [-0.05, 0) is 56.3 Å². The molecule has 0 aliphatic carbocycles. The molecule has 1 aromatic carbocycles. The van der Waals surface area contributed by atoms with Crippen molar-refractivity contribution in [3.8, 4) is 17.0 Å². The number of nitrogen functional groups attached to an aromatic ring is 1. The lowest BCUT2D eigenvalue weighted by atomic mass is 10.1. The molecule has 2 fully saturated rings. The summed E-state index contributed by atoms with van der Waals surface area (Å²) in [5.41, 5.74) is 5.95. The van der Waals surface area contributed by atoms with E-state index in [2.05, 4.69) is 30.2 Å². The molecule has 0 radical (unpaired) electrons. The molecule has 2 saturated heterocycles. The molecule has 3 N–H and O–H groups in total. The van der Waals surface area contributed by atoms with E-state index in [1.807, 2.05) is 29.2 Å². The number of alkyl halides is 3. The van der Waals surface area contributed by atoms with Crippen molar-refractivity contribution in [1.82, 2.24) is 24.8 Å². The molecule has 0 spiro atoms. The Kier molecular flexibility index (Phi) is 7.94. The Morgan fingerprint density at radius 3 is 2.55 bits per heavy atom. The molecule has 0 atom stereocenters. The second kappa shape index (κ2) is 11.9. The summed E-state index contributed by atoms with van der Waals surface area (Å²) in [7, 11) is 0. The molecule has 220 valence electrons. The molecule has 6 rings (SSSR count). The van der Waals surface area contributed by atoms with Crippen molar-refractivity contribution >= 4 is 34.2 Å². The van der Waals surface area contributed by atoms with Gasteiger partial charge in [0.25, 0.3) is 0 Å². The topological polar surface area (TPSA) is 115 Å². The summed E-state index contributed by atoms with van der Waals surface area (Å²) in [5, 5.41) is 4.06. The molecule has 0 unspecified atom stereocenters. The van der Waals surface area contributed by atoms with Gasteiger partial charge in [0, 0.05) is 42.8 Å². The van der Waals surface area contributed by atoms with Crippen molar-refractivity contribution in [1.29, 1.82) is 0 Å². The highest BCUT2D eigenvalue weighted by molar-refractivity contribution is 5.84. The maximum absolute atomic E-state index is 14.0. The number of pyridine rings is 2. The molecular weight excluding hydrogens is 549 g/mol. The highest BCUT2D eigenvalue weighted by atomic mass is 19.4. The van der Waals surface area contributed by atoms with E-state index >= 15 is 0 Å².